The van der Waals surface area contributed by atoms with E-state index in [-0.39, 0.29) is 56.8 Å². The Morgan fingerprint density at radius 3 is 1.35 bits per heavy atom. The van der Waals surface area contributed by atoms with Crippen LogP contribution in [0.15, 0.2) is 22.8 Å². The van der Waals surface area contributed by atoms with Crippen molar-refractivity contribution in [2.75, 3.05) is 0 Å². The van der Waals surface area contributed by atoms with Crippen LogP contribution in [0.3, 0.4) is 0 Å². The maximum absolute atomic E-state index is 7.61. The number of hydrogen-bond donors (Lipinski definition) is 0. The summed E-state index contributed by atoms with van der Waals surface area (Å²) < 4.78 is 39.3. The van der Waals surface area contributed by atoms with Crippen molar-refractivity contribution in [3.8, 4) is 0 Å². The Balaban J connectivity index is 4.18. The van der Waals surface area contributed by atoms with Crippen molar-refractivity contribution in [1.82, 2.24) is 0 Å². The lowest BCUT2D eigenvalue weighted by Gasteiger charge is -2.56. The van der Waals surface area contributed by atoms with Gasteiger partial charge in [-0.3, -0.25) is 0 Å². The zero-order valence-corrected chi connectivity index (χ0v) is 39.9. The van der Waals surface area contributed by atoms with Crippen molar-refractivity contribution in [2.24, 2.45) is 0 Å². The molecule has 0 saturated carbocycles. The fraction of sp³-hybridized carbons (Fsp3) is 0.889. The molecule has 1 heterocycles. The predicted octanol–water partition coefficient (Wildman–Crippen LogP) is 12.2. The summed E-state index contributed by atoms with van der Waals surface area (Å²) in [5.41, 5.74) is 0. The Morgan fingerprint density at radius 2 is 1.00 bits per heavy atom. The van der Waals surface area contributed by atoms with Gasteiger partial charge in [0.05, 0.1) is 18.3 Å². The molecule has 5 nitrogen and oxygen atoms in total. The minimum Gasteiger partial charge on any atom is -0.409 e. The predicted molar refractivity (Wildman–Crippen MR) is 220 cm³/mol. The highest BCUT2D eigenvalue weighted by atomic mass is 127. The van der Waals surface area contributed by atoms with Crippen LogP contribution >= 0.6 is 22.6 Å². The van der Waals surface area contributed by atoms with Crippen LogP contribution < -0.4 is 0 Å². The Hall–Kier alpha value is 0.878. The molecule has 1 fully saturated rings. The highest BCUT2D eigenvalue weighted by Gasteiger charge is 2.58. The van der Waals surface area contributed by atoms with Gasteiger partial charge in [0.15, 0.2) is 33.3 Å². The lowest BCUT2D eigenvalue weighted by atomic mass is 9.90. The molecule has 0 spiro atoms. The standard InChI is InChI=1S/C36H75IO5Si4/c1-22-23-24-27-30(40-44(16,17)34(5,6)7)32(42-46(20,21)36(11,12)13)31(41-45(18,19)35(8,9)10)29(38-27)28(25-26-37)39-43(14,15)33(2,3)4/h22,25-32H,1,23-24H2,2-21H3/b26-25+/t27-,28?,29-,30?,31?,32?/m0/s1. The number of hydrogen-bond acceptors (Lipinski definition) is 5. The van der Waals surface area contributed by atoms with Crippen molar-refractivity contribution in [1.29, 1.82) is 0 Å². The van der Waals surface area contributed by atoms with Gasteiger partial charge in [-0.1, -0.05) is 112 Å². The third kappa shape index (κ3) is 11.2. The molecule has 1 saturated heterocycles. The van der Waals surface area contributed by atoms with E-state index in [0.29, 0.717) is 0 Å². The summed E-state index contributed by atoms with van der Waals surface area (Å²) in [5.74, 6) is 0. The Labute approximate surface area is 304 Å². The Bertz CT molecular complexity index is 1020. The molecule has 4 unspecified atom stereocenters. The monoisotopic (exact) mass is 826 g/mol. The van der Waals surface area contributed by atoms with Crippen LogP contribution in [0.5, 0.6) is 0 Å². The normalized spacial score (nSPS) is 25.6. The SMILES string of the molecule is C=CCC[C@@H]1O[C@@H](C(/C=C/I)O[Si](C)(C)C(C)(C)C)C(O[Si](C)(C)C(C)(C)C)C(O[Si](C)(C)C(C)(C)C)C1O[Si](C)(C)C(C)(C)C. The van der Waals surface area contributed by atoms with Gasteiger partial charge < -0.3 is 22.4 Å². The molecule has 0 aromatic carbocycles. The molecule has 1 aliphatic rings. The molecule has 0 N–H and O–H groups in total. The van der Waals surface area contributed by atoms with Gasteiger partial charge in [-0.2, -0.15) is 0 Å². The zero-order chi connectivity index (χ0) is 36.5. The third-order valence-electron chi connectivity index (χ3n) is 11.9. The molecule has 0 aromatic rings. The first-order valence-corrected chi connectivity index (χ1v) is 30.4. The van der Waals surface area contributed by atoms with Gasteiger partial charge in [-0.25, -0.2) is 0 Å². The minimum atomic E-state index is -2.31. The van der Waals surface area contributed by atoms with E-state index < -0.39 is 33.3 Å². The van der Waals surface area contributed by atoms with Crippen molar-refractivity contribution in [3.63, 3.8) is 0 Å². The topological polar surface area (TPSA) is 46.2 Å². The van der Waals surface area contributed by atoms with E-state index in [9.17, 15) is 0 Å². The molecule has 0 bridgehead atoms. The number of rotatable bonds is 13. The highest BCUT2D eigenvalue weighted by Crippen LogP contribution is 2.48. The second-order valence-electron chi connectivity index (χ2n) is 19.7. The largest absolute Gasteiger partial charge is 0.409 e. The smallest absolute Gasteiger partial charge is 0.193 e. The Kier molecular flexibility index (Phi) is 15.3. The van der Waals surface area contributed by atoms with Gasteiger partial charge in [0.25, 0.3) is 0 Å². The molecule has 46 heavy (non-hydrogen) atoms. The average molecular weight is 827 g/mol. The van der Waals surface area contributed by atoms with Crippen molar-refractivity contribution in [2.45, 2.75) is 205 Å². The molecule has 0 amide bonds. The summed E-state index contributed by atoms with van der Waals surface area (Å²) in [6.07, 6.45) is 4.11. The van der Waals surface area contributed by atoms with Crippen LogP contribution in [-0.4, -0.2) is 69.9 Å². The fourth-order valence-corrected chi connectivity index (χ4v) is 10.1. The molecule has 272 valence electrons. The van der Waals surface area contributed by atoms with Crippen LogP contribution in [-0.2, 0) is 22.4 Å². The van der Waals surface area contributed by atoms with Crippen LogP contribution in [0.2, 0.25) is 72.5 Å². The molecule has 0 aromatic heterocycles. The van der Waals surface area contributed by atoms with E-state index in [4.69, 9.17) is 22.4 Å². The third-order valence-corrected chi connectivity index (χ3v) is 30.2. The quantitative estimate of drug-likeness (QED) is 0.105. The van der Waals surface area contributed by atoms with E-state index >= 15 is 0 Å². The zero-order valence-electron chi connectivity index (χ0n) is 33.7. The maximum atomic E-state index is 7.61. The summed E-state index contributed by atoms with van der Waals surface area (Å²) in [4.78, 5) is 0. The molecule has 10 heteroatoms. The summed E-state index contributed by atoms with van der Waals surface area (Å²) in [7, 11) is -9.04. The van der Waals surface area contributed by atoms with Gasteiger partial charge >= 0.3 is 0 Å². The van der Waals surface area contributed by atoms with Gasteiger partial charge in [-0.05, 0) is 95.5 Å². The van der Waals surface area contributed by atoms with Gasteiger partial charge in [0.1, 0.15) is 18.3 Å². The minimum absolute atomic E-state index is 0.00341. The van der Waals surface area contributed by atoms with E-state index in [1.165, 1.54) is 0 Å². The molecule has 0 radical (unpaired) electrons. The summed E-state index contributed by atoms with van der Waals surface area (Å²) in [6.45, 7) is 50.6. The van der Waals surface area contributed by atoms with Gasteiger partial charge in [0, 0.05) is 0 Å². The molecule has 1 rings (SSSR count). The van der Waals surface area contributed by atoms with Crippen LogP contribution in [0.4, 0.5) is 0 Å². The van der Waals surface area contributed by atoms with Crippen molar-refractivity contribution in [3.05, 3.63) is 22.8 Å². The lowest BCUT2D eigenvalue weighted by Crippen LogP contribution is -2.69. The first kappa shape index (κ1) is 44.9. The average Bonchev–Trinajstić information content (AvgIpc) is 2.81. The molecular weight excluding hydrogens is 752 g/mol. The molecule has 6 atom stereocenters. The first-order valence-electron chi connectivity index (χ1n) is 17.5. The summed E-state index contributed by atoms with van der Waals surface area (Å²) in [6, 6.07) is 0. The highest BCUT2D eigenvalue weighted by molar-refractivity contribution is 14.1. The second-order valence-corrected chi connectivity index (χ2v) is 39.4. The first-order chi connectivity index (χ1) is 20.3. The molecule has 0 aliphatic carbocycles. The van der Waals surface area contributed by atoms with E-state index in [1.54, 1.807) is 0 Å². The lowest BCUT2D eigenvalue weighted by molar-refractivity contribution is -0.225. The van der Waals surface area contributed by atoms with Crippen molar-refractivity contribution >= 4 is 55.9 Å². The van der Waals surface area contributed by atoms with E-state index in [2.05, 4.69) is 175 Å². The number of ether oxygens (including phenoxy) is 1. The number of halogens is 1. The van der Waals surface area contributed by atoms with E-state index in [1.807, 2.05) is 6.08 Å². The van der Waals surface area contributed by atoms with Gasteiger partial charge in [0.2, 0.25) is 0 Å². The van der Waals surface area contributed by atoms with E-state index in [0.717, 1.165) is 12.8 Å². The van der Waals surface area contributed by atoms with Crippen LogP contribution in [0, 0.1) is 0 Å². The maximum Gasteiger partial charge on any atom is 0.193 e. The van der Waals surface area contributed by atoms with Crippen molar-refractivity contribution < 1.29 is 22.4 Å². The van der Waals surface area contributed by atoms with Gasteiger partial charge in [-0.15, -0.1) is 6.58 Å². The fourth-order valence-electron chi connectivity index (χ4n) is 4.49. The summed E-state index contributed by atoms with van der Waals surface area (Å²) >= 11 is 2.33. The van der Waals surface area contributed by atoms with Crippen LogP contribution in [0.1, 0.15) is 95.9 Å². The molecular formula is C36H75IO5Si4. The Morgan fingerprint density at radius 1 is 0.630 bits per heavy atom. The summed E-state index contributed by atoms with van der Waals surface area (Å²) in [5, 5.41) is 0.0905. The van der Waals surface area contributed by atoms with Crippen LogP contribution in [0.25, 0.3) is 0 Å². The second kappa shape index (κ2) is 15.6. The molecule has 1 aliphatic heterocycles. The number of allylic oxidation sites excluding steroid dienone is 1.